The van der Waals surface area contributed by atoms with Crippen molar-refractivity contribution in [1.29, 1.82) is 0 Å². The highest BCUT2D eigenvalue weighted by atomic mass is 79.9. The zero-order valence-corrected chi connectivity index (χ0v) is 13.2. The van der Waals surface area contributed by atoms with E-state index in [4.69, 9.17) is 9.47 Å². The minimum absolute atomic E-state index is 0.0670. The van der Waals surface area contributed by atoms with E-state index in [-0.39, 0.29) is 10.6 Å². The van der Waals surface area contributed by atoms with Gasteiger partial charge in [0.25, 0.3) is 5.69 Å². The number of nitro groups is 1. The second-order valence-corrected chi connectivity index (χ2v) is 4.83. The predicted molar refractivity (Wildman–Crippen MR) is 84.3 cm³/mol. The van der Waals surface area contributed by atoms with E-state index < -0.39 is 0 Å². The van der Waals surface area contributed by atoms with E-state index >= 15 is 0 Å². The highest BCUT2D eigenvalue weighted by Crippen LogP contribution is 2.40. The van der Waals surface area contributed by atoms with Gasteiger partial charge in [0, 0.05) is 17.0 Å². The molecule has 0 fully saturated rings. The van der Waals surface area contributed by atoms with Crippen molar-refractivity contribution in [2.24, 2.45) is 0 Å². The fraction of sp³-hybridized carbons (Fsp3) is 0.200. The van der Waals surface area contributed by atoms with Gasteiger partial charge in [-0.15, -0.1) is 0 Å². The maximum atomic E-state index is 11.2. The van der Waals surface area contributed by atoms with E-state index in [1.165, 1.54) is 6.07 Å². The van der Waals surface area contributed by atoms with Crippen molar-refractivity contribution in [3.05, 3.63) is 52.1 Å². The fourth-order valence-electron chi connectivity index (χ4n) is 2.14. The average Bonchev–Trinajstić information content (AvgIpc) is 2.53. The maximum Gasteiger partial charge on any atom is 0.274 e. The Hall–Kier alpha value is -2.08. The van der Waals surface area contributed by atoms with E-state index in [0.717, 1.165) is 0 Å². The molecular weight excluding hydrogens is 338 g/mol. The van der Waals surface area contributed by atoms with Crippen molar-refractivity contribution >= 4 is 21.6 Å². The zero-order valence-electron chi connectivity index (χ0n) is 11.6. The number of hydrogen-bond donors (Lipinski definition) is 0. The topological polar surface area (TPSA) is 61.6 Å². The second kappa shape index (κ2) is 6.58. The molecule has 0 aromatic heterocycles. The third-order valence-electron chi connectivity index (χ3n) is 3.14. The molecule has 0 spiro atoms. The lowest BCUT2D eigenvalue weighted by Crippen LogP contribution is -1.96. The summed E-state index contributed by atoms with van der Waals surface area (Å²) in [6.07, 6.45) is 0. The zero-order chi connectivity index (χ0) is 15.4. The van der Waals surface area contributed by atoms with Gasteiger partial charge in [-0.3, -0.25) is 10.1 Å². The summed E-state index contributed by atoms with van der Waals surface area (Å²) in [5.74, 6) is 1.21. The summed E-state index contributed by atoms with van der Waals surface area (Å²) < 4.78 is 10.7. The molecule has 0 unspecified atom stereocenters. The van der Waals surface area contributed by atoms with Crippen LogP contribution in [0.4, 0.5) is 5.69 Å². The van der Waals surface area contributed by atoms with Crippen LogP contribution >= 0.6 is 15.9 Å². The molecule has 0 saturated heterocycles. The Balaban J connectivity index is 2.67. The normalized spacial score (nSPS) is 10.2. The molecule has 21 heavy (non-hydrogen) atoms. The molecule has 0 N–H and O–H groups in total. The van der Waals surface area contributed by atoms with E-state index in [9.17, 15) is 10.1 Å². The van der Waals surface area contributed by atoms with Gasteiger partial charge in [0.05, 0.1) is 24.7 Å². The summed E-state index contributed by atoms with van der Waals surface area (Å²) in [5.41, 5.74) is 2.07. The highest BCUT2D eigenvalue weighted by molar-refractivity contribution is 9.08. The first kappa shape index (κ1) is 15.3. The Morgan fingerprint density at radius 2 is 1.76 bits per heavy atom. The van der Waals surface area contributed by atoms with Gasteiger partial charge in [0.15, 0.2) is 0 Å². The molecule has 0 atom stereocenters. The van der Waals surface area contributed by atoms with Crippen LogP contribution in [0.5, 0.6) is 11.5 Å². The lowest BCUT2D eigenvalue weighted by molar-refractivity contribution is -0.385. The standard InChI is InChI=1S/C15H14BrNO4/c1-20-13-4-3-5-14(21-2)15(13)10-6-7-11(9-16)12(8-10)17(18)19/h3-8H,9H2,1-2H3. The molecule has 0 aliphatic carbocycles. The summed E-state index contributed by atoms with van der Waals surface area (Å²) in [7, 11) is 3.11. The monoisotopic (exact) mass is 351 g/mol. The molecule has 0 bridgehead atoms. The number of hydrogen-bond acceptors (Lipinski definition) is 4. The van der Waals surface area contributed by atoms with Crippen LogP contribution in [0.25, 0.3) is 11.1 Å². The van der Waals surface area contributed by atoms with Gasteiger partial charge in [-0.1, -0.05) is 34.1 Å². The summed E-state index contributed by atoms with van der Waals surface area (Å²) in [6.45, 7) is 0. The smallest absolute Gasteiger partial charge is 0.274 e. The molecule has 0 heterocycles. The number of benzene rings is 2. The van der Waals surface area contributed by atoms with Gasteiger partial charge in [-0.05, 0) is 17.7 Å². The third-order valence-corrected chi connectivity index (χ3v) is 3.75. The Morgan fingerprint density at radius 3 is 2.24 bits per heavy atom. The summed E-state index contributed by atoms with van der Waals surface area (Å²) >= 11 is 3.26. The molecule has 0 aliphatic heterocycles. The number of ether oxygens (including phenoxy) is 2. The van der Waals surface area contributed by atoms with Crippen LogP contribution in [-0.2, 0) is 5.33 Å². The van der Waals surface area contributed by atoms with E-state index in [0.29, 0.717) is 33.5 Å². The molecular formula is C15H14BrNO4. The van der Waals surface area contributed by atoms with Gasteiger partial charge in [-0.2, -0.15) is 0 Å². The minimum atomic E-state index is -0.387. The Kier molecular flexibility index (Phi) is 4.80. The van der Waals surface area contributed by atoms with Gasteiger partial charge >= 0.3 is 0 Å². The number of rotatable bonds is 5. The molecule has 0 radical (unpaired) electrons. The summed E-state index contributed by atoms with van der Waals surface area (Å²) in [5, 5.41) is 11.6. The first-order valence-electron chi connectivity index (χ1n) is 6.17. The molecule has 2 rings (SSSR count). The Bertz CT molecular complexity index is 650. The van der Waals surface area contributed by atoms with Crippen molar-refractivity contribution in [1.82, 2.24) is 0 Å². The van der Waals surface area contributed by atoms with E-state index in [2.05, 4.69) is 15.9 Å². The number of methoxy groups -OCH3 is 2. The molecule has 2 aromatic carbocycles. The first-order chi connectivity index (χ1) is 10.1. The molecule has 110 valence electrons. The van der Waals surface area contributed by atoms with Gasteiger partial charge in [0.2, 0.25) is 0 Å². The Morgan fingerprint density at radius 1 is 1.14 bits per heavy atom. The lowest BCUT2D eigenvalue weighted by atomic mass is 10.0. The van der Waals surface area contributed by atoms with Crippen LogP contribution in [0.15, 0.2) is 36.4 Å². The fourth-order valence-corrected chi connectivity index (χ4v) is 2.61. The maximum absolute atomic E-state index is 11.2. The quantitative estimate of drug-likeness (QED) is 0.460. The largest absolute Gasteiger partial charge is 0.496 e. The molecule has 0 aliphatic rings. The Labute approximate surface area is 130 Å². The number of halogens is 1. The van der Waals surface area contributed by atoms with Gasteiger partial charge in [-0.25, -0.2) is 0 Å². The molecule has 6 heteroatoms. The number of alkyl halides is 1. The van der Waals surface area contributed by atoms with E-state index in [1.54, 1.807) is 32.4 Å². The number of nitrogens with zero attached hydrogens (tertiary/aromatic N) is 1. The van der Waals surface area contributed by atoms with E-state index in [1.807, 2.05) is 12.1 Å². The van der Waals surface area contributed by atoms with Crippen LogP contribution in [0.2, 0.25) is 0 Å². The van der Waals surface area contributed by atoms with Crippen molar-refractivity contribution in [2.75, 3.05) is 14.2 Å². The molecule has 2 aromatic rings. The van der Waals surface area contributed by atoms with Crippen molar-refractivity contribution < 1.29 is 14.4 Å². The number of nitro benzene ring substituents is 1. The minimum Gasteiger partial charge on any atom is -0.496 e. The molecule has 0 saturated carbocycles. The third kappa shape index (κ3) is 3.00. The summed E-state index contributed by atoms with van der Waals surface area (Å²) in [4.78, 5) is 10.8. The van der Waals surface area contributed by atoms with Crippen molar-refractivity contribution in [2.45, 2.75) is 5.33 Å². The first-order valence-corrected chi connectivity index (χ1v) is 7.29. The highest BCUT2D eigenvalue weighted by Gasteiger charge is 2.18. The molecule has 5 nitrogen and oxygen atoms in total. The van der Waals surface area contributed by atoms with Crippen molar-refractivity contribution in [3.63, 3.8) is 0 Å². The van der Waals surface area contributed by atoms with Crippen LogP contribution < -0.4 is 9.47 Å². The molecule has 0 amide bonds. The van der Waals surface area contributed by atoms with Crippen LogP contribution in [0.3, 0.4) is 0 Å². The summed E-state index contributed by atoms with van der Waals surface area (Å²) in [6, 6.07) is 10.5. The average molecular weight is 352 g/mol. The van der Waals surface area contributed by atoms with Gasteiger partial charge in [0.1, 0.15) is 11.5 Å². The van der Waals surface area contributed by atoms with Crippen LogP contribution in [-0.4, -0.2) is 19.1 Å². The SMILES string of the molecule is COc1cccc(OC)c1-c1ccc(CBr)c([N+](=O)[O-])c1. The van der Waals surface area contributed by atoms with Crippen LogP contribution in [0.1, 0.15) is 5.56 Å². The van der Waals surface area contributed by atoms with Crippen LogP contribution in [0, 0.1) is 10.1 Å². The predicted octanol–water partition coefficient (Wildman–Crippen LogP) is 4.17. The lowest BCUT2D eigenvalue weighted by Gasteiger charge is -2.13. The van der Waals surface area contributed by atoms with Crippen molar-refractivity contribution in [3.8, 4) is 22.6 Å². The second-order valence-electron chi connectivity index (χ2n) is 4.27. The van der Waals surface area contributed by atoms with Gasteiger partial charge < -0.3 is 9.47 Å².